The molecular formula is C21H20N4O3S2. The van der Waals surface area contributed by atoms with E-state index in [2.05, 4.69) is 28.4 Å². The third-order valence-corrected chi connectivity index (χ3v) is 6.54. The monoisotopic (exact) mass is 440 g/mol. The molecule has 0 unspecified atom stereocenters. The van der Waals surface area contributed by atoms with Crippen LogP contribution in [0.15, 0.2) is 50.2 Å². The van der Waals surface area contributed by atoms with Crippen molar-refractivity contribution in [3.63, 3.8) is 0 Å². The summed E-state index contributed by atoms with van der Waals surface area (Å²) in [6, 6.07) is 9.61. The normalized spacial score (nSPS) is 11.2. The van der Waals surface area contributed by atoms with Crippen LogP contribution in [0.4, 0.5) is 5.82 Å². The van der Waals surface area contributed by atoms with Crippen LogP contribution < -0.4 is 10.9 Å². The van der Waals surface area contributed by atoms with Crippen molar-refractivity contribution in [2.45, 2.75) is 32.5 Å². The van der Waals surface area contributed by atoms with Gasteiger partial charge < -0.3 is 9.84 Å². The topological polar surface area (TPSA) is 90.0 Å². The van der Waals surface area contributed by atoms with E-state index in [0.29, 0.717) is 33.5 Å². The van der Waals surface area contributed by atoms with Crippen LogP contribution in [0.3, 0.4) is 0 Å². The average molecular weight is 441 g/mol. The first-order valence-electron chi connectivity index (χ1n) is 9.31. The molecule has 7 nitrogen and oxygen atoms in total. The van der Waals surface area contributed by atoms with Gasteiger partial charge >= 0.3 is 0 Å². The van der Waals surface area contributed by atoms with Gasteiger partial charge in [-0.1, -0.05) is 35.1 Å². The minimum Gasteiger partial charge on any atom is -0.360 e. The van der Waals surface area contributed by atoms with Gasteiger partial charge in [0.25, 0.3) is 5.56 Å². The summed E-state index contributed by atoms with van der Waals surface area (Å²) in [5.74, 6) is 0.836. The number of fused-ring (bicyclic) bond motifs is 1. The second-order valence-electron chi connectivity index (χ2n) is 7.00. The molecule has 0 aliphatic rings. The highest BCUT2D eigenvalue weighted by Gasteiger charge is 2.15. The minimum absolute atomic E-state index is 0.0942. The van der Waals surface area contributed by atoms with Crippen molar-refractivity contribution in [1.82, 2.24) is 14.7 Å². The van der Waals surface area contributed by atoms with Gasteiger partial charge in [-0.25, -0.2) is 4.98 Å². The molecule has 9 heteroatoms. The second kappa shape index (κ2) is 8.45. The number of hydrogen-bond donors (Lipinski definition) is 1. The summed E-state index contributed by atoms with van der Waals surface area (Å²) >= 11 is 2.60. The predicted octanol–water partition coefficient (Wildman–Crippen LogP) is 4.15. The van der Waals surface area contributed by atoms with Gasteiger partial charge in [-0.05, 0) is 48.9 Å². The second-order valence-corrected chi connectivity index (χ2v) is 8.86. The molecule has 0 spiro atoms. The van der Waals surface area contributed by atoms with Crippen LogP contribution in [-0.2, 0) is 11.3 Å². The van der Waals surface area contributed by atoms with Crippen molar-refractivity contribution in [3.8, 4) is 0 Å². The Labute approximate surface area is 181 Å². The molecule has 1 amide bonds. The lowest BCUT2D eigenvalue weighted by Gasteiger charge is -2.13. The van der Waals surface area contributed by atoms with Crippen LogP contribution in [0, 0.1) is 20.8 Å². The maximum atomic E-state index is 13.1. The van der Waals surface area contributed by atoms with E-state index in [1.807, 2.05) is 30.5 Å². The van der Waals surface area contributed by atoms with Gasteiger partial charge in [-0.3, -0.25) is 14.2 Å². The summed E-state index contributed by atoms with van der Waals surface area (Å²) in [4.78, 5) is 30.1. The molecule has 4 rings (SSSR count). The van der Waals surface area contributed by atoms with E-state index in [9.17, 15) is 9.59 Å². The van der Waals surface area contributed by atoms with Crippen LogP contribution in [-0.4, -0.2) is 26.4 Å². The number of anilines is 1. The zero-order valence-electron chi connectivity index (χ0n) is 16.8. The van der Waals surface area contributed by atoms with Crippen molar-refractivity contribution in [1.29, 1.82) is 0 Å². The van der Waals surface area contributed by atoms with Gasteiger partial charge in [0.2, 0.25) is 5.91 Å². The van der Waals surface area contributed by atoms with Gasteiger partial charge in [0, 0.05) is 6.07 Å². The summed E-state index contributed by atoms with van der Waals surface area (Å²) in [5, 5.41) is 8.81. The lowest BCUT2D eigenvalue weighted by molar-refractivity contribution is -0.113. The van der Waals surface area contributed by atoms with Crippen molar-refractivity contribution in [3.05, 3.63) is 68.5 Å². The van der Waals surface area contributed by atoms with E-state index in [4.69, 9.17) is 4.52 Å². The van der Waals surface area contributed by atoms with Crippen molar-refractivity contribution in [2.24, 2.45) is 0 Å². The maximum absolute atomic E-state index is 13.1. The number of nitrogens with one attached hydrogen (secondary N) is 1. The summed E-state index contributed by atoms with van der Waals surface area (Å²) in [7, 11) is 0. The number of amides is 1. The zero-order chi connectivity index (χ0) is 21.3. The first-order valence-corrected chi connectivity index (χ1v) is 11.2. The molecule has 154 valence electrons. The fourth-order valence-corrected chi connectivity index (χ4v) is 4.57. The predicted molar refractivity (Wildman–Crippen MR) is 119 cm³/mol. The molecule has 0 radical (unpaired) electrons. The molecule has 0 saturated carbocycles. The summed E-state index contributed by atoms with van der Waals surface area (Å²) < 4.78 is 7.21. The largest absolute Gasteiger partial charge is 0.360 e. The fourth-order valence-electron chi connectivity index (χ4n) is 2.99. The fraction of sp³-hybridized carbons (Fsp3) is 0.238. The van der Waals surface area contributed by atoms with Crippen LogP contribution in [0.25, 0.3) is 10.2 Å². The van der Waals surface area contributed by atoms with Gasteiger partial charge in [-0.15, -0.1) is 11.3 Å². The molecule has 3 heterocycles. The number of benzene rings is 1. The van der Waals surface area contributed by atoms with Gasteiger partial charge in [-0.2, -0.15) is 0 Å². The third kappa shape index (κ3) is 4.31. The van der Waals surface area contributed by atoms with E-state index < -0.39 is 0 Å². The number of hydrogen-bond acceptors (Lipinski definition) is 7. The Kier molecular flexibility index (Phi) is 5.74. The Morgan fingerprint density at radius 1 is 1.20 bits per heavy atom. The molecule has 30 heavy (non-hydrogen) atoms. The van der Waals surface area contributed by atoms with Gasteiger partial charge in [0.1, 0.15) is 10.5 Å². The summed E-state index contributed by atoms with van der Waals surface area (Å²) in [6.45, 7) is 6.25. The Morgan fingerprint density at radius 3 is 2.77 bits per heavy atom. The number of carbonyl (C=O) groups excluding carboxylic acids is 1. The highest BCUT2D eigenvalue weighted by molar-refractivity contribution is 7.99. The lowest BCUT2D eigenvalue weighted by atomic mass is 10.1. The van der Waals surface area contributed by atoms with E-state index in [-0.39, 0.29) is 17.2 Å². The van der Waals surface area contributed by atoms with E-state index in [1.165, 1.54) is 34.2 Å². The number of aromatic nitrogens is 3. The van der Waals surface area contributed by atoms with Crippen LogP contribution in [0.1, 0.15) is 22.5 Å². The molecule has 0 aliphatic carbocycles. The van der Waals surface area contributed by atoms with Crippen LogP contribution >= 0.6 is 23.1 Å². The number of thiophene rings is 1. The Bertz CT molecular complexity index is 1290. The molecule has 0 atom stereocenters. The Balaban J connectivity index is 1.60. The first kappa shape index (κ1) is 20.4. The lowest BCUT2D eigenvalue weighted by Crippen LogP contribution is -2.24. The first-order chi connectivity index (χ1) is 14.4. The van der Waals surface area contributed by atoms with Gasteiger partial charge in [0.05, 0.1) is 17.8 Å². The molecular weight excluding hydrogens is 420 g/mol. The zero-order valence-corrected chi connectivity index (χ0v) is 18.4. The molecule has 3 aromatic heterocycles. The quantitative estimate of drug-likeness (QED) is 0.358. The van der Waals surface area contributed by atoms with Crippen molar-refractivity contribution in [2.75, 3.05) is 11.1 Å². The van der Waals surface area contributed by atoms with Crippen molar-refractivity contribution >= 4 is 45.0 Å². The molecule has 1 aromatic carbocycles. The third-order valence-electron chi connectivity index (χ3n) is 4.67. The highest BCUT2D eigenvalue weighted by Crippen LogP contribution is 2.22. The van der Waals surface area contributed by atoms with E-state index in [1.54, 1.807) is 17.6 Å². The molecule has 0 aliphatic heterocycles. The number of thioether (sulfide) groups is 1. The summed E-state index contributed by atoms with van der Waals surface area (Å²) in [6.07, 6.45) is 0. The number of aryl methyl sites for hydroxylation is 3. The number of carbonyl (C=O) groups is 1. The van der Waals surface area contributed by atoms with Crippen LogP contribution in [0.5, 0.6) is 0 Å². The standard InChI is InChI=1S/C21H20N4O3S2/c1-12-4-5-15(8-13(12)2)10-25-20(27)19-16(6-7-29-19)22-21(25)30-11-18(26)23-17-9-14(3)28-24-17/h4-9H,10-11H2,1-3H3,(H,23,24,26). The molecule has 0 fully saturated rings. The molecule has 1 N–H and O–H groups in total. The molecule has 0 bridgehead atoms. The Hall–Kier alpha value is -2.91. The Morgan fingerprint density at radius 2 is 2.03 bits per heavy atom. The van der Waals surface area contributed by atoms with Crippen LogP contribution in [0.2, 0.25) is 0 Å². The van der Waals surface area contributed by atoms with E-state index >= 15 is 0 Å². The minimum atomic E-state index is -0.245. The van der Waals surface area contributed by atoms with E-state index in [0.717, 1.165) is 5.56 Å². The smallest absolute Gasteiger partial charge is 0.272 e. The highest BCUT2D eigenvalue weighted by atomic mass is 32.2. The van der Waals surface area contributed by atoms with Gasteiger partial charge in [0.15, 0.2) is 11.0 Å². The SMILES string of the molecule is Cc1cc(NC(=O)CSc2nc3ccsc3c(=O)n2Cc2ccc(C)c(C)c2)no1. The molecule has 4 aromatic rings. The molecule has 0 saturated heterocycles. The number of nitrogens with zero attached hydrogens (tertiary/aromatic N) is 3. The van der Waals surface area contributed by atoms with Crippen molar-refractivity contribution < 1.29 is 9.32 Å². The average Bonchev–Trinajstić information content (AvgIpc) is 3.34. The summed E-state index contributed by atoms with van der Waals surface area (Å²) in [5.41, 5.74) is 3.94. The number of rotatable bonds is 6. The maximum Gasteiger partial charge on any atom is 0.272 e.